The van der Waals surface area contributed by atoms with E-state index in [0.717, 1.165) is 17.1 Å². The van der Waals surface area contributed by atoms with Gasteiger partial charge in [-0.05, 0) is 32.0 Å². The first kappa shape index (κ1) is 16.5. The molecule has 1 N–H and O–H groups in total. The molecular weight excluding hydrogens is 298 g/mol. The number of thioether (sulfide) groups is 1. The van der Waals surface area contributed by atoms with Crippen molar-refractivity contribution >= 4 is 17.7 Å². The number of hydrogen-bond donors (Lipinski definition) is 1. The van der Waals surface area contributed by atoms with E-state index >= 15 is 0 Å². The summed E-state index contributed by atoms with van der Waals surface area (Å²) in [7, 11) is 1.63. The fourth-order valence-corrected chi connectivity index (χ4v) is 2.91. The maximum Gasteiger partial charge on any atom is 0.233 e. The molecule has 2 aromatic rings. The molecule has 2 unspecified atom stereocenters. The number of furan rings is 1. The summed E-state index contributed by atoms with van der Waals surface area (Å²) < 4.78 is 10.6. The maximum absolute atomic E-state index is 12.3. The molecule has 0 fully saturated rings. The van der Waals surface area contributed by atoms with E-state index in [0.29, 0.717) is 5.75 Å². The third-order valence-electron chi connectivity index (χ3n) is 3.39. The lowest BCUT2D eigenvalue weighted by atomic mass is 10.1. The number of methoxy groups -OCH3 is 1. The normalized spacial score (nSPS) is 13.4. The number of rotatable bonds is 7. The van der Waals surface area contributed by atoms with Crippen molar-refractivity contribution in [2.45, 2.75) is 30.9 Å². The summed E-state index contributed by atoms with van der Waals surface area (Å²) in [5, 5.41) is 2.88. The number of amides is 1. The van der Waals surface area contributed by atoms with Gasteiger partial charge in [-0.15, -0.1) is 11.8 Å². The Morgan fingerprint density at radius 3 is 2.73 bits per heavy atom. The van der Waals surface area contributed by atoms with Crippen LogP contribution in [0.1, 0.15) is 31.2 Å². The Kier molecular flexibility index (Phi) is 5.95. The summed E-state index contributed by atoms with van der Waals surface area (Å²) >= 11 is 1.55. The Morgan fingerprint density at radius 2 is 2.05 bits per heavy atom. The zero-order valence-electron chi connectivity index (χ0n) is 13.0. The van der Waals surface area contributed by atoms with Crippen LogP contribution in [0.25, 0.3) is 0 Å². The molecular formula is C17H21NO3S. The van der Waals surface area contributed by atoms with Gasteiger partial charge in [0.25, 0.3) is 0 Å². The Hall–Kier alpha value is -1.88. The Labute approximate surface area is 135 Å². The largest absolute Gasteiger partial charge is 0.496 e. The molecule has 118 valence electrons. The van der Waals surface area contributed by atoms with E-state index in [1.54, 1.807) is 25.1 Å². The average molecular weight is 319 g/mol. The highest BCUT2D eigenvalue weighted by Gasteiger charge is 2.18. The molecule has 2 rings (SSSR count). The zero-order valence-corrected chi connectivity index (χ0v) is 13.9. The third-order valence-corrected chi connectivity index (χ3v) is 4.55. The maximum atomic E-state index is 12.3. The van der Waals surface area contributed by atoms with Crippen molar-refractivity contribution in [3.8, 4) is 5.75 Å². The second-order valence-corrected chi connectivity index (χ2v) is 6.33. The van der Waals surface area contributed by atoms with Crippen molar-refractivity contribution in [2.24, 2.45) is 0 Å². The van der Waals surface area contributed by atoms with E-state index in [1.807, 2.05) is 50.2 Å². The number of ether oxygens (including phenoxy) is 1. The Morgan fingerprint density at radius 1 is 1.27 bits per heavy atom. The van der Waals surface area contributed by atoms with Crippen LogP contribution in [-0.2, 0) is 10.5 Å². The van der Waals surface area contributed by atoms with Gasteiger partial charge in [-0.1, -0.05) is 18.2 Å². The minimum atomic E-state index is -0.151. The molecule has 0 aliphatic carbocycles. The molecule has 1 aromatic heterocycles. The minimum Gasteiger partial charge on any atom is -0.496 e. The Balaban J connectivity index is 1.90. The average Bonchev–Trinajstić information content (AvgIpc) is 3.05. The summed E-state index contributed by atoms with van der Waals surface area (Å²) in [6.07, 6.45) is 1.64. The molecule has 0 saturated carbocycles. The molecule has 5 heteroatoms. The van der Waals surface area contributed by atoms with Crippen LogP contribution in [0.3, 0.4) is 0 Å². The van der Waals surface area contributed by atoms with Crippen LogP contribution in [0.4, 0.5) is 0 Å². The van der Waals surface area contributed by atoms with Gasteiger partial charge >= 0.3 is 0 Å². The molecule has 0 spiro atoms. The highest BCUT2D eigenvalue weighted by Crippen LogP contribution is 2.25. The molecule has 2 atom stereocenters. The second kappa shape index (κ2) is 7.94. The molecule has 0 aliphatic rings. The molecule has 1 amide bonds. The molecule has 22 heavy (non-hydrogen) atoms. The van der Waals surface area contributed by atoms with Crippen molar-refractivity contribution in [3.05, 3.63) is 54.0 Å². The summed E-state index contributed by atoms with van der Waals surface area (Å²) in [6.45, 7) is 3.86. The Bertz CT molecular complexity index is 598. The number of benzene rings is 1. The monoisotopic (exact) mass is 319 g/mol. The SMILES string of the molecule is COc1ccccc1C(C)NC(=O)C(C)SCc1ccco1. The van der Waals surface area contributed by atoms with Crippen molar-refractivity contribution in [1.29, 1.82) is 0 Å². The van der Waals surface area contributed by atoms with Crippen molar-refractivity contribution < 1.29 is 13.9 Å². The molecule has 0 aliphatic heterocycles. The van der Waals surface area contributed by atoms with Crippen molar-refractivity contribution in [3.63, 3.8) is 0 Å². The smallest absolute Gasteiger partial charge is 0.233 e. The van der Waals surface area contributed by atoms with Gasteiger partial charge in [0.2, 0.25) is 5.91 Å². The van der Waals surface area contributed by atoms with Crippen LogP contribution in [0.15, 0.2) is 47.1 Å². The van der Waals surface area contributed by atoms with E-state index < -0.39 is 0 Å². The molecule has 1 heterocycles. The fraction of sp³-hybridized carbons (Fsp3) is 0.353. The van der Waals surface area contributed by atoms with Crippen molar-refractivity contribution in [2.75, 3.05) is 7.11 Å². The quantitative estimate of drug-likeness (QED) is 0.843. The van der Waals surface area contributed by atoms with Crippen LogP contribution in [0.2, 0.25) is 0 Å². The van der Waals surface area contributed by atoms with Gasteiger partial charge in [0.15, 0.2) is 0 Å². The van der Waals surface area contributed by atoms with Crippen LogP contribution in [0, 0.1) is 0 Å². The standard InChI is InChI=1S/C17H21NO3S/c1-12(15-8-4-5-9-16(15)20-3)18-17(19)13(2)22-11-14-7-6-10-21-14/h4-10,12-13H,11H2,1-3H3,(H,18,19). The van der Waals surface area contributed by atoms with E-state index in [9.17, 15) is 4.79 Å². The first-order valence-corrected chi connectivity index (χ1v) is 8.24. The molecule has 1 aromatic carbocycles. The number of carbonyl (C=O) groups excluding carboxylic acids is 1. The molecule has 4 nitrogen and oxygen atoms in total. The fourth-order valence-electron chi connectivity index (χ4n) is 2.11. The highest BCUT2D eigenvalue weighted by atomic mass is 32.2. The number of para-hydroxylation sites is 1. The molecule has 0 bridgehead atoms. The van der Waals surface area contributed by atoms with Crippen LogP contribution in [0.5, 0.6) is 5.75 Å². The van der Waals surface area contributed by atoms with Gasteiger partial charge < -0.3 is 14.5 Å². The predicted molar refractivity (Wildman–Crippen MR) is 89.0 cm³/mol. The van der Waals surface area contributed by atoms with Gasteiger partial charge in [-0.25, -0.2) is 0 Å². The third kappa shape index (κ3) is 4.31. The molecule has 0 saturated heterocycles. The number of carbonyl (C=O) groups is 1. The van der Waals surface area contributed by atoms with Gasteiger partial charge in [0, 0.05) is 5.56 Å². The van der Waals surface area contributed by atoms with E-state index in [4.69, 9.17) is 9.15 Å². The van der Waals surface area contributed by atoms with Gasteiger partial charge in [0.05, 0.1) is 30.4 Å². The minimum absolute atomic E-state index is 0.00922. The van der Waals surface area contributed by atoms with E-state index in [2.05, 4.69) is 5.32 Å². The van der Waals surface area contributed by atoms with Gasteiger partial charge in [-0.3, -0.25) is 4.79 Å². The summed E-state index contributed by atoms with van der Waals surface area (Å²) in [6, 6.07) is 11.4. The first-order chi connectivity index (χ1) is 10.6. The lowest BCUT2D eigenvalue weighted by Gasteiger charge is -2.19. The van der Waals surface area contributed by atoms with E-state index in [-0.39, 0.29) is 17.2 Å². The lowest BCUT2D eigenvalue weighted by molar-refractivity contribution is -0.120. The van der Waals surface area contributed by atoms with Gasteiger partial charge in [0.1, 0.15) is 11.5 Å². The van der Waals surface area contributed by atoms with Crippen LogP contribution >= 0.6 is 11.8 Å². The summed E-state index contributed by atoms with van der Waals surface area (Å²) in [5.74, 6) is 2.36. The lowest BCUT2D eigenvalue weighted by Crippen LogP contribution is -2.33. The van der Waals surface area contributed by atoms with Crippen molar-refractivity contribution in [1.82, 2.24) is 5.32 Å². The summed E-state index contributed by atoms with van der Waals surface area (Å²) in [5.41, 5.74) is 0.974. The second-order valence-electron chi connectivity index (χ2n) is 5.00. The number of hydrogen-bond acceptors (Lipinski definition) is 4. The highest BCUT2D eigenvalue weighted by molar-refractivity contribution is 7.99. The zero-order chi connectivity index (χ0) is 15.9. The topological polar surface area (TPSA) is 51.5 Å². The predicted octanol–water partition coefficient (Wildman–Crippen LogP) is 3.79. The van der Waals surface area contributed by atoms with Crippen LogP contribution < -0.4 is 10.1 Å². The van der Waals surface area contributed by atoms with Gasteiger partial charge in [-0.2, -0.15) is 0 Å². The van der Waals surface area contributed by atoms with Crippen LogP contribution in [-0.4, -0.2) is 18.3 Å². The summed E-state index contributed by atoms with van der Waals surface area (Å²) in [4.78, 5) is 12.3. The molecule has 0 radical (unpaired) electrons. The first-order valence-electron chi connectivity index (χ1n) is 7.19. The van der Waals surface area contributed by atoms with E-state index in [1.165, 1.54) is 0 Å². The number of nitrogens with one attached hydrogen (secondary N) is 1.